The Balaban J connectivity index is 2.24. The molecule has 2 rings (SSSR count). The number of anilines is 1. The van der Waals surface area contributed by atoms with Crippen molar-refractivity contribution in [3.8, 4) is 0 Å². The van der Waals surface area contributed by atoms with Crippen molar-refractivity contribution < 1.29 is 4.79 Å². The molecule has 0 aliphatic rings. The molecule has 1 aromatic heterocycles. The molecule has 0 fully saturated rings. The van der Waals surface area contributed by atoms with Crippen LogP contribution in [0.1, 0.15) is 19.7 Å². The summed E-state index contributed by atoms with van der Waals surface area (Å²) in [5.74, 6) is 0.774. The molecule has 0 aliphatic carbocycles. The van der Waals surface area contributed by atoms with Crippen LogP contribution in [0.4, 0.5) is 5.69 Å². The molecule has 0 unspecified atom stereocenters. The van der Waals surface area contributed by atoms with Gasteiger partial charge in [0.15, 0.2) is 0 Å². The van der Waals surface area contributed by atoms with Gasteiger partial charge in [-0.3, -0.25) is 4.79 Å². The minimum Gasteiger partial charge on any atom is -0.342 e. The van der Waals surface area contributed by atoms with Crippen LogP contribution >= 0.6 is 0 Å². The molecule has 1 aromatic carbocycles. The predicted octanol–water partition coefficient (Wildman–Crippen LogP) is 1.79. The van der Waals surface area contributed by atoms with Gasteiger partial charge in [-0.2, -0.15) is 0 Å². The first-order chi connectivity index (χ1) is 8.42. The molecule has 0 aliphatic heterocycles. The minimum absolute atomic E-state index is 0.0828. The molecule has 0 spiro atoms. The molecular formula is C13H18N4O. The Morgan fingerprint density at radius 3 is 2.89 bits per heavy atom. The number of H-pyrrole nitrogens is 1. The number of carbonyl (C=O) groups excluding carboxylic acids is 1. The number of nitrogens with one attached hydrogen (secondary N) is 2. The lowest BCUT2D eigenvalue weighted by Crippen LogP contribution is -2.37. The van der Waals surface area contributed by atoms with Gasteiger partial charge in [-0.1, -0.05) is 0 Å². The van der Waals surface area contributed by atoms with Crippen LogP contribution in [0.3, 0.4) is 0 Å². The second kappa shape index (κ2) is 4.42. The maximum atomic E-state index is 12.0. The van der Waals surface area contributed by atoms with Crippen molar-refractivity contribution in [3.05, 3.63) is 24.0 Å². The monoisotopic (exact) mass is 246 g/mol. The van der Waals surface area contributed by atoms with Crippen molar-refractivity contribution >= 4 is 22.6 Å². The van der Waals surface area contributed by atoms with Gasteiger partial charge in [0.05, 0.1) is 16.4 Å². The molecule has 0 bridgehead atoms. The number of nitrogens with two attached hydrogens (primary N) is 1. The number of aromatic nitrogens is 2. The van der Waals surface area contributed by atoms with Gasteiger partial charge in [0.1, 0.15) is 5.82 Å². The fourth-order valence-corrected chi connectivity index (χ4v) is 1.61. The topological polar surface area (TPSA) is 83.8 Å². The van der Waals surface area contributed by atoms with Gasteiger partial charge in [-0.05, 0) is 39.0 Å². The molecule has 0 saturated carbocycles. The number of carbonyl (C=O) groups is 1. The van der Waals surface area contributed by atoms with E-state index in [0.717, 1.165) is 22.5 Å². The first kappa shape index (κ1) is 12.6. The van der Waals surface area contributed by atoms with E-state index in [1.807, 2.05) is 39.0 Å². The Bertz CT molecular complexity index is 586. The van der Waals surface area contributed by atoms with Gasteiger partial charge in [-0.15, -0.1) is 0 Å². The van der Waals surface area contributed by atoms with E-state index >= 15 is 0 Å². The fraction of sp³-hybridized carbons (Fsp3) is 0.385. The third-order valence-corrected chi connectivity index (χ3v) is 2.98. The lowest BCUT2D eigenvalue weighted by molar-refractivity contribution is -0.123. The van der Waals surface area contributed by atoms with Gasteiger partial charge in [0.25, 0.3) is 0 Å². The third kappa shape index (κ3) is 2.36. The molecule has 2 aromatic rings. The van der Waals surface area contributed by atoms with Crippen molar-refractivity contribution in [2.24, 2.45) is 11.1 Å². The number of nitrogens with zero attached hydrogens (tertiary/aromatic N) is 1. The molecule has 0 radical (unpaired) electrons. The lowest BCUT2D eigenvalue weighted by Gasteiger charge is -2.21. The Labute approximate surface area is 106 Å². The second-order valence-corrected chi connectivity index (χ2v) is 5.10. The van der Waals surface area contributed by atoms with Crippen LogP contribution in [0, 0.1) is 12.3 Å². The molecule has 0 atom stereocenters. The van der Waals surface area contributed by atoms with E-state index in [9.17, 15) is 4.79 Å². The second-order valence-electron chi connectivity index (χ2n) is 5.10. The van der Waals surface area contributed by atoms with Crippen molar-refractivity contribution in [3.63, 3.8) is 0 Å². The number of rotatable bonds is 3. The first-order valence-corrected chi connectivity index (χ1v) is 5.90. The number of fused-ring (bicyclic) bond motifs is 1. The summed E-state index contributed by atoms with van der Waals surface area (Å²) >= 11 is 0. The molecule has 1 heterocycles. The molecule has 5 heteroatoms. The van der Waals surface area contributed by atoms with E-state index in [1.165, 1.54) is 0 Å². The van der Waals surface area contributed by atoms with Crippen LogP contribution in [-0.4, -0.2) is 22.4 Å². The number of aryl methyl sites for hydroxylation is 1. The maximum Gasteiger partial charge on any atom is 0.231 e. The third-order valence-electron chi connectivity index (χ3n) is 2.98. The highest BCUT2D eigenvalue weighted by Crippen LogP contribution is 2.20. The Morgan fingerprint density at radius 1 is 1.50 bits per heavy atom. The zero-order valence-corrected chi connectivity index (χ0v) is 10.9. The number of amides is 1. The van der Waals surface area contributed by atoms with Gasteiger partial charge in [-0.25, -0.2) is 4.98 Å². The number of hydrogen-bond donors (Lipinski definition) is 3. The first-order valence-electron chi connectivity index (χ1n) is 5.90. The molecule has 96 valence electrons. The van der Waals surface area contributed by atoms with E-state index in [0.29, 0.717) is 6.54 Å². The molecule has 0 saturated heterocycles. The fourth-order valence-electron chi connectivity index (χ4n) is 1.61. The van der Waals surface area contributed by atoms with Crippen molar-refractivity contribution in [1.29, 1.82) is 0 Å². The summed E-state index contributed by atoms with van der Waals surface area (Å²) in [5, 5.41) is 2.87. The lowest BCUT2D eigenvalue weighted by atomic mass is 9.92. The summed E-state index contributed by atoms with van der Waals surface area (Å²) in [6.45, 7) is 5.85. The van der Waals surface area contributed by atoms with E-state index < -0.39 is 5.41 Å². The predicted molar refractivity (Wildman–Crippen MR) is 72.3 cm³/mol. The quantitative estimate of drug-likeness (QED) is 0.772. The van der Waals surface area contributed by atoms with E-state index in [2.05, 4.69) is 15.3 Å². The number of imidazole rings is 1. The Kier molecular flexibility index (Phi) is 3.09. The molecule has 1 amide bonds. The van der Waals surface area contributed by atoms with Crippen LogP contribution in [0.2, 0.25) is 0 Å². The van der Waals surface area contributed by atoms with E-state index in [4.69, 9.17) is 5.73 Å². The number of aromatic amines is 1. The van der Waals surface area contributed by atoms with Crippen molar-refractivity contribution in [1.82, 2.24) is 9.97 Å². The molecule has 5 nitrogen and oxygen atoms in total. The average Bonchev–Trinajstić information content (AvgIpc) is 2.68. The zero-order chi connectivity index (χ0) is 13.3. The summed E-state index contributed by atoms with van der Waals surface area (Å²) < 4.78 is 0. The zero-order valence-electron chi connectivity index (χ0n) is 10.9. The minimum atomic E-state index is -0.571. The van der Waals surface area contributed by atoms with E-state index in [-0.39, 0.29) is 5.91 Å². The van der Waals surface area contributed by atoms with Crippen LogP contribution in [0.25, 0.3) is 11.0 Å². The van der Waals surface area contributed by atoms with E-state index in [1.54, 1.807) is 0 Å². The van der Waals surface area contributed by atoms with Crippen molar-refractivity contribution in [2.75, 3.05) is 11.9 Å². The Hall–Kier alpha value is -1.88. The summed E-state index contributed by atoms with van der Waals surface area (Å²) in [6.07, 6.45) is 0. The highest BCUT2D eigenvalue weighted by Gasteiger charge is 2.25. The average molecular weight is 246 g/mol. The van der Waals surface area contributed by atoms with Crippen LogP contribution in [0.5, 0.6) is 0 Å². The van der Waals surface area contributed by atoms with Crippen molar-refractivity contribution in [2.45, 2.75) is 20.8 Å². The van der Waals surface area contributed by atoms with Gasteiger partial charge < -0.3 is 16.0 Å². The number of benzene rings is 1. The number of hydrogen-bond acceptors (Lipinski definition) is 3. The van der Waals surface area contributed by atoms with Gasteiger partial charge >= 0.3 is 0 Å². The normalized spacial score (nSPS) is 11.8. The standard InChI is InChI=1S/C13H18N4O/c1-8-15-10-5-4-9(6-11(10)16-8)17-12(18)13(2,3)7-14/h4-6H,7,14H2,1-3H3,(H,15,16)(H,17,18). The molecule has 4 N–H and O–H groups in total. The smallest absolute Gasteiger partial charge is 0.231 e. The highest BCUT2D eigenvalue weighted by molar-refractivity contribution is 5.96. The summed E-state index contributed by atoms with van der Waals surface area (Å²) in [6, 6.07) is 5.59. The van der Waals surface area contributed by atoms with Gasteiger partial charge in [0, 0.05) is 12.2 Å². The Morgan fingerprint density at radius 2 is 2.22 bits per heavy atom. The summed E-state index contributed by atoms with van der Waals surface area (Å²) in [4.78, 5) is 19.4. The maximum absolute atomic E-state index is 12.0. The molecule has 18 heavy (non-hydrogen) atoms. The van der Waals surface area contributed by atoms with Crippen LogP contribution in [0.15, 0.2) is 18.2 Å². The van der Waals surface area contributed by atoms with Gasteiger partial charge in [0.2, 0.25) is 5.91 Å². The highest BCUT2D eigenvalue weighted by atomic mass is 16.2. The summed E-state index contributed by atoms with van der Waals surface area (Å²) in [5.41, 5.74) is 7.56. The van der Waals surface area contributed by atoms with Crippen LogP contribution < -0.4 is 11.1 Å². The summed E-state index contributed by atoms with van der Waals surface area (Å²) in [7, 11) is 0. The largest absolute Gasteiger partial charge is 0.342 e. The SMILES string of the molecule is Cc1nc2ccc(NC(=O)C(C)(C)CN)cc2[nH]1. The molecular weight excluding hydrogens is 228 g/mol. The van der Waals surface area contributed by atoms with Crippen LogP contribution in [-0.2, 0) is 4.79 Å².